The predicted octanol–water partition coefficient (Wildman–Crippen LogP) is 3.82. The number of carbonyl (C=O) groups is 1. The number of nitrogens with one attached hydrogen (secondary N) is 2. The number of nitrogens with zero attached hydrogens (tertiary/aromatic N) is 2. The average molecular weight is 443 g/mol. The first-order chi connectivity index (χ1) is 14.6. The molecule has 1 aliphatic carbocycles. The molecular weight excluding hydrogens is 419 g/mol. The van der Waals surface area contributed by atoms with E-state index in [1.807, 2.05) is 12.3 Å². The van der Waals surface area contributed by atoms with Gasteiger partial charge in [0.25, 0.3) is 5.91 Å². The van der Waals surface area contributed by atoms with Gasteiger partial charge >= 0.3 is 0 Å². The molecule has 0 bridgehead atoms. The lowest BCUT2D eigenvalue weighted by molar-refractivity contribution is 0.0939. The van der Waals surface area contributed by atoms with Gasteiger partial charge in [-0.25, -0.2) is 12.8 Å². The molecule has 2 aromatic heterocycles. The van der Waals surface area contributed by atoms with Gasteiger partial charge in [-0.2, -0.15) is 0 Å². The monoisotopic (exact) mass is 442 g/mol. The molecule has 9 heteroatoms. The molecule has 0 radical (unpaired) electrons. The SMILES string of the molecule is Cc1cc([C@@H](C)NC(=O)c2cnc3cc(C4CC4)cnc3c2)c(F)cc1NS(C)(=O)=O. The molecule has 0 saturated heterocycles. The van der Waals surface area contributed by atoms with Crippen LogP contribution in [0.25, 0.3) is 11.0 Å². The van der Waals surface area contributed by atoms with Gasteiger partial charge in [0.05, 0.1) is 34.6 Å². The molecule has 2 N–H and O–H groups in total. The van der Waals surface area contributed by atoms with Crippen molar-refractivity contribution in [1.29, 1.82) is 0 Å². The Labute approximate surface area is 180 Å². The highest BCUT2D eigenvalue weighted by Crippen LogP contribution is 2.40. The molecule has 4 rings (SSSR count). The van der Waals surface area contributed by atoms with Gasteiger partial charge in [0, 0.05) is 18.0 Å². The van der Waals surface area contributed by atoms with Gasteiger partial charge in [-0.3, -0.25) is 19.5 Å². The molecule has 1 fully saturated rings. The van der Waals surface area contributed by atoms with Crippen molar-refractivity contribution in [2.24, 2.45) is 0 Å². The molecule has 1 atom stereocenters. The number of rotatable bonds is 6. The van der Waals surface area contributed by atoms with Gasteiger partial charge in [0.1, 0.15) is 5.82 Å². The fraction of sp³-hybridized carbons (Fsp3) is 0.318. The van der Waals surface area contributed by atoms with Crippen LogP contribution in [-0.2, 0) is 10.0 Å². The summed E-state index contributed by atoms with van der Waals surface area (Å²) in [7, 11) is -3.53. The Kier molecular flexibility index (Phi) is 5.38. The number of amides is 1. The Balaban J connectivity index is 1.52. The van der Waals surface area contributed by atoms with Crippen molar-refractivity contribution in [3.63, 3.8) is 0 Å². The van der Waals surface area contributed by atoms with Crippen molar-refractivity contribution in [2.45, 2.75) is 38.6 Å². The van der Waals surface area contributed by atoms with Crippen LogP contribution in [0, 0.1) is 12.7 Å². The maximum absolute atomic E-state index is 14.6. The van der Waals surface area contributed by atoms with E-state index in [-0.39, 0.29) is 11.3 Å². The van der Waals surface area contributed by atoms with E-state index in [4.69, 9.17) is 0 Å². The Morgan fingerprint density at radius 1 is 1.13 bits per heavy atom. The molecule has 0 aliphatic heterocycles. The first-order valence-electron chi connectivity index (χ1n) is 9.95. The van der Waals surface area contributed by atoms with Crippen molar-refractivity contribution < 1.29 is 17.6 Å². The minimum atomic E-state index is -3.53. The van der Waals surface area contributed by atoms with Crippen LogP contribution < -0.4 is 10.0 Å². The fourth-order valence-electron chi connectivity index (χ4n) is 3.48. The van der Waals surface area contributed by atoms with Gasteiger partial charge < -0.3 is 5.32 Å². The average Bonchev–Trinajstić information content (AvgIpc) is 3.53. The number of hydrogen-bond acceptors (Lipinski definition) is 5. The summed E-state index contributed by atoms with van der Waals surface area (Å²) in [5, 5.41) is 2.77. The number of sulfonamides is 1. The predicted molar refractivity (Wildman–Crippen MR) is 117 cm³/mol. The smallest absolute Gasteiger partial charge is 0.253 e. The quantitative estimate of drug-likeness (QED) is 0.604. The van der Waals surface area contributed by atoms with Crippen molar-refractivity contribution in [2.75, 3.05) is 11.0 Å². The normalized spacial score (nSPS) is 15.0. The Morgan fingerprint density at radius 3 is 2.48 bits per heavy atom. The number of benzene rings is 1. The highest BCUT2D eigenvalue weighted by molar-refractivity contribution is 7.92. The number of pyridine rings is 2. The van der Waals surface area contributed by atoms with E-state index in [9.17, 15) is 17.6 Å². The second-order valence-corrected chi connectivity index (χ2v) is 9.81. The standard InChI is InChI=1S/C22H23FN4O3S/c1-12-6-17(18(23)9-19(12)27-31(3,29)30)13(2)26-22(28)16-8-21-20(25-11-16)7-15(10-24-21)14-4-5-14/h6-11,13-14,27H,4-5H2,1-3H3,(H,26,28)/t13-/m1/s1. The Hall–Kier alpha value is -3.07. The molecule has 0 unspecified atom stereocenters. The van der Waals surface area contributed by atoms with Crippen LogP contribution in [0.4, 0.5) is 10.1 Å². The zero-order chi connectivity index (χ0) is 22.3. The summed E-state index contributed by atoms with van der Waals surface area (Å²) in [5.74, 6) is -0.444. The molecule has 1 saturated carbocycles. The lowest BCUT2D eigenvalue weighted by atomic mass is 10.0. The van der Waals surface area contributed by atoms with Crippen molar-refractivity contribution in [1.82, 2.24) is 15.3 Å². The van der Waals surface area contributed by atoms with E-state index in [2.05, 4.69) is 20.0 Å². The molecule has 7 nitrogen and oxygen atoms in total. The second kappa shape index (κ2) is 7.88. The molecular formula is C22H23FN4O3S. The fourth-order valence-corrected chi connectivity index (χ4v) is 4.10. The van der Waals surface area contributed by atoms with Gasteiger partial charge in [0.2, 0.25) is 10.0 Å². The van der Waals surface area contributed by atoms with Crippen LogP contribution in [0.3, 0.4) is 0 Å². The summed E-state index contributed by atoms with van der Waals surface area (Å²) < 4.78 is 39.8. The first-order valence-corrected chi connectivity index (χ1v) is 11.8. The summed E-state index contributed by atoms with van der Waals surface area (Å²) in [6.07, 6.45) is 6.67. The number of anilines is 1. The molecule has 31 heavy (non-hydrogen) atoms. The molecule has 1 amide bonds. The van der Waals surface area contributed by atoms with Gasteiger partial charge in [-0.1, -0.05) is 0 Å². The molecule has 3 aromatic rings. The van der Waals surface area contributed by atoms with Gasteiger partial charge in [-0.05, 0) is 68.0 Å². The maximum atomic E-state index is 14.6. The van der Waals surface area contributed by atoms with Crippen molar-refractivity contribution in [3.05, 3.63) is 64.7 Å². The van der Waals surface area contributed by atoms with Crippen molar-refractivity contribution in [3.8, 4) is 0 Å². The van der Waals surface area contributed by atoms with E-state index in [1.54, 1.807) is 19.9 Å². The lowest BCUT2D eigenvalue weighted by Gasteiger charge is -2.18. The molecule has 1 aliphatic rings. The van der Waals surface area contributed by atoms with Crippen LogP contribution >= 0.6 is 0 Å². The second-order valence-electron chi connectivity index (χ2n) is 8.06. The lowest BCUT2D eigenvalue weighted by Crippen LogP contribution is -2.27. The molecule has 162 valence electrons. The maximum Gasteiger partial charge on any atom is 0.253 e. The Morgan fingerprint density at radius 2 is 1.81 bits per heavy atom. The topological polar surface area (TPSA) is 101 Å². The summed E-state index contributed by atoms with van der Waals surface area (Å²) in [6, 6.07) is 5.68. The highest BCUT2D eigenvalue weighted by Gasteiger charge is 2.24. The third-order valence-electron chi connectivity index (χ3n) is 5.32. The van der Waals surface area contributed by atoms with E-state index >= 15 is 0 Å². The first kappa shape index (κ1) is 21.2. The van der Waals surface area contributed by atoms with Crippen LogP contribution in [0.15, 0.2) is 36.7 Å². The zero-order valence-corrected chi connectivity index (χ0v) is 18.3. The highest BCUT2D eigenvalue weighted by atomic mass is 32.2. The van der Waals surface area contributed by atoms with Crippen LogP contribution in [0.1, 0.15) is 58.8 Å². The number of aromatic nitrogens is 2. The third kappa shape index (κ3) is 4.82. The van der Waals surface area contributed by atoms with Crippen molar-refractivity contribution >= 4 is 32.7 Å². The summed E-state index contributed by atoms with van der Waals surface area (Å²) in [4.78, 5) is 21.5. The summed E-state index contributed by atoms with van der Waals surface area (Å²) in [6.45, 7) is 3.33. The number of hydrogen-bond donors (Lipinski definition) is 2. The minimum Gasteiger partial charge on any atom is -0.345 e. The van der Waals surface area contributed by atoms with E-state index < -0.39 is 27.8 Å². The minimum absolute atomic E-state index is 0.164. The number of aryl methyl sites for hydroxylation is 1. The third-order valence-corrected chi connectivity index (χ3v) is 5.91. The molecule has 2 heterocycles. The summed E-state index contributed by atoms with van der Waals surface area (Å²) >= 11 is 0. The Bertz CT molecular complexity index is 1290. The van der Waals surface area contributed by atoms with Gasteiger partial charge in [-0.15, -0.1) is 0 Å². The van der Waals surface area contributed by atoms with Crippen LogP contribution in [0.5, 0.6) is 0 Å². The number of halogens is 1. The van der Waals surface area contributed by atoms with Gasteiger partial charge in [0.15, 0.2) is 0 Å². The van der Waals surface area contributed by atoms with Crippen LogP contribution in [0.2, 0.25) is 0 Å². The van der Waals surface area contributed by atoms with E-state index in [0.29, 0.717) is 22.6 Å². The number of carbonyl (C=O) groups excluding carboxylic acids is 1. The molecule has 1 aromatic carbocycles. The summed E-state index contributed by atoms with van der Waals surface area (Å²) in [5.41, 5.74) is 3.84. The number of fused-ring (bicyclic) bond motifs is 1. The van der Waals surface area contributed by atoms with Crippen LogP contribution in [-0.4, -0.2) is 30.5 Å². The molecule has 0 spiro atoms. The van der Waals surface area contributed by atoms with E-state index in [1.165, 1.54) is 30.7 Å². The zero-order valence-electron chi connectivity index (χ0n) is 17.4. The van der Waals surface area contributed by atoms with E-state index in [0.717, 1.165) is 17.8 Å². The largest absolute Gasteiger partial charge is 0.345 e.